The van der Waals surface area contributed by atoms with Crippen molar-refractivity contribution in [2.24, 2.45) is 0 Å². The summed E-state index contributed by atoms with van der Waals surface area (Å²) >= 11 is 0. The fourth-order valence-corrected chi connectivity index (χ4v) is 2.46. The van der Waals surface area contributed by atoms with E-state index in [4.69, 9.17) is 10.7 Å². The molecule has 2 nitrogen and oxygen atoms in total. The molecule has 2 aromatic rings. The molecule has 1 aliphatic rings. The molecule has 0 saturated carbocycles. The zero-order valence-corrected chi connectivity index (χ0v) is 8.83. The van der Waals surface area contributed by atoms with Gasteiger partial charge in [-0.1, -0.05) is 25.1 Å². The number of hydrogen-bond donors (Lipinski definition) is 1. The van der Waals surface area contributed by atoms with Crippen molar-refractivity contribution in [2.75, 3.05) is 5.73 Å². The van der Waals surface area contributed by atoms with Crippen LogP contribution in [0.4, 0.5) is 5.69 Å². The second kappa shape index (κ2) is 2.96. The van der Waals surface area contributed by atoms with Gasteiger partial charge < -0.3 is 5.73 Å². The lowest BCUT2D eigenvalue weighted by Gasteiger charge is -2.09. The van der Waals surface area contributed by atoms with Gasteiger partial charge in [0, 0.05) is 16.8 Å². The second-order valence-electron chi connectivity index (χ2n) is 4.35. The van der Waals surface area contributed by atoms with Crippen molar-refractivity contribution in [3.8, 4) is 0 Å². The van der Waals surface area contributed by atoms with Crippen LogP contribution < -0.4 is 5.73 Å². The molecule has 1 aromatic carbocycles. The van der Waals surface area contributed by atoms with Crippen LogP contribution in [0.3, 0.4) is 0 Å². The van der Waals surface area contributed by atoms with E-state index in [0.717, 1.165) is 23.0 Å². The predicted octanol–water partition coefficient (Wildman–Crippen LogP) is 2.87. The summed E-state index contributed by atoms with van der Waals surface area (Å²) in [6.45, 7) is 2.23. The average molecular weight is 198 g/mol. The van der Waals surface area contributed by atoms with Crippen LogP contribution >= 0.6 is 0 Å². The van der Waals surface area contributed by atoms with Gasteiger partial charge in [-0.3, -0.25) is 4.98 Å². The number of benzene rings is 1. The highest BCUT2D eigenvalue weighted by atomic mass is 14.8. The highest BCUT2D eigenvalue weighted by Gasteiger charge is 2.23. The molecule has 15 heavy (non-hydrogen) atoms. The Labute approximate surface area is 89.1 Å². The molecule has 3 rings (SSSR count). The number of aromatic nitrogens is 1. The minimum absolute atomic E-state index is 0.562. The third-order valence-electron chi connectivity index (χ3n) is 3.36. The van der Waals surface area contributed by atoms with Gasteiger partial charge in [-0.25, -0.2) is 0 Å². The van der Waals surface area contributed by atoms with Crippen LogP contribution in [0.25, 0.3) is 10.9 Å². The van der Waals surface area contributed by atoms with Crippen molar-refractivity contribution < 1.29 is 0 Å². The van der Waals surface area contributed by atoms with Gasteiger partial charge in [-0.15, -0.1) is 0 Å². The molecule has 76 valence electrons. The van der Waals surface area contributed by atoms with Crippen LogP contribution in [0.2, 0.25) is 0 Å². The van der Waals surface area contributed by atoms with Gasteiger partial charge >= 0.3 is 0 Å². The Balaban J connectivity index is 2.41. The van der Waals surface area contributed by atoms with E-state index in [9.17, 15) is 0 Å². The molecular formula is C13H14N2. The van der Waals surface area contributed by atoms with Crippen LogP contribution in [0.15, 0.2) is 24.3 Å². The van der Waals surface area contributed by atoms with Gasteiger partial charge in [0.2, 0.25) is 0 Å². The predicted molar refractivity (Wildman–Crippen MR) is 62.9 cm³/mol. The fraction of sp³-hybridized carbons (Fsp3) is 0.308. The minimum Gasteiger partial charge on any atom is -0.398 e. The summed E-state index contributed by atoms with van der Waals surface area (Å²) < 4.78 is 0. The zero-order valence-electron chi connectivity index (χ0n) is 8.83. The Hall–Kier alpha value is -1.57. The lowest BCUT2D eigenvalue weighted by Crippen LogP contribution is -1.99. The highest BCUT2D eigenvalue weighted by Crippen LogP contribution is 2.37. The highest BCUT2D eigenvalue weighted by molar-refractivity contribution is 5.92. The van der Waals surface area contributed by atoms with Gasteiger partial charge in [-0.05, 0) is 30.4 Å². The molecule has 1 aliphatic carbocycles. The summed E-state index contributed by atoms with van der Waals surface area (Å²) in [6, 6.07) is 8.13. The smallest absolute Gasteiger partial charge is 0.0726 e. The van der Waals surface area contributed by atoms with Crippen LogP contribution in [0, 0.1) is 0 Å². The minimum atomic E-state index is 0.562. The summed E-state index contributed by atoms with van der Waals surface area (Å²) in [4.78, 5) is 4.72. The van der Waals surface area contributed by atoms with Gasteiger partial charge in [0.05, 0.1) is 5.52 Å². The number of nitrogen functional groups attached to an aromatic ring is 1. The van der Waals surface area contributed by atoms with E-state index in [1.165, 1.54) is 17.7 Å². The van der Waals surface area contributed by atoms with Gasteiger partial charge in [-0.2, -0.15) is 0 Å². The van der Waals surface area contributed by atoms with E-state index in [-0.39, 0.29) is 0 Å². The number of pyridine rings is 1. The van der Waals surface area contributed by atoms with Crippen LogP contribution in [-0.4, -0.2) is 4.98 Å². The van der Waals surface area contributed by atoms with Crippen molar-refractivity contribution >= 4 is 16.6 Å². The Morgan fingerprint density at radius 3 is 3.00 bits per heavy atom. The number of nitrogens with two attached hydrogens (primary N) is 1. The molecule has 0 fully saturated rings. The molecule has 1 heterocycles. The van der Waals surface area contributed by atoms with Gasteiger partial charge in [0.1, 0.15) is 0 Å². The van der Waals surface area contributed by atoms with Gasteiger partial charge in [0.15, 0.2) is 0 Å². The first-order valence-electron chi connectivity index (χ1n) is 5.44. The molecule has 0 amide bonds. The van der Waals surface area contributed by atoms with E-state index in [2.05, 4.69) is 13.0 Å². The van der Waals surface area contributed by atoms with Crippen molar-refractivity contribution in [3.05, 3.63) is 35.5 Å². The van der Waals surface area contributed by atoms with Crippen LogP contribution in [-0.2, 0) is 6.42 Å². The molecule has 0 aliphatic heterocycles. The molecule has 2 heteroatoms. The lowest BCUT2D eigenvalue weighted by atomic mass is 10.1. The molecule has 1 aromatic heterocycles. The van der Waals surface area contributed by atoms with Crippen LogP contribution in [0.5, 0.6) is 0 Å². The maximum atomic E-state index is 6.19. The number of hydrogen-bond acceptors (Lipinski definition) is 2. The van der Waals surface area contributed by atoms with E-state index in [1.807, 2.05) is 18.2 Å². The molecule has 1 atom stereocenters. The molecule has 0 radical (unpaired) electrons. The summed E-state index contributed by atoms with van der Waals surface area (Å²) in [5.41, 5.74) is 10.7. The molecular weight excluding hydrogens is 184 g/mol. The Morgan fingerprint density at radius 2 is 2.13 bits per heavy atom. The van der Waals surface area contributed by atoms with Crippen molar-refractivity contribution in [1.82, 2.24) is 4.98 Å². The number of nitrogens with zero attached hydrogens (tertiary/aromatic N) is 1. The molecule has 0 saturated heterocycles. The van der Waals surface area contributed by atoms with Crippen molar-refractivity contribution in [1.29, 1.82) is 0 Å². The normalized spacial score (nSPS) is 19.4. The second-order valence-corrected chi connectivity index (χ2v) is 4.35. The quantitative estimate of drug-likeness (QED) is 0.707. The van der Waals surface area contributed by atoms with E-state index in [1.54, 1.807) is 0 Å². The summed E-state index contributed by atoms with van der Waals surface area (Å²) in [5.74, 6) is 0.562. The zero-order chi connectivity index (χ0) is 10.4. The third-order valence-corrected chi connectivity index (χ3v) is 3.36. The van der Waals surface area contributed by atoms with E-state index in [0.29, 0.717) is 5.92 Å². The number of fused-ring (bicyclic) bond motifs is 2. The monoisotopic (exact) mass is 198 g/mol. The Bertz CT molecular complexity index is 531. The Kier molecular flexibility index (Phi) is 1.72. The number of anilines is 1. The number of rotatable bonds is 0. The molecule has 0 bridgehead atoms. The number of para-hydroxylation sites is 1. The fourth-order valence-electron chi connectivity index (χ4n) is 2.46. The topological polar surface area (TPSA) is 38.9 Å². The first-order chi connectivity index (χ1) is 7.27. The maximum Gasteiger partial charge on any atom is 0.0726 e. The lowest BCUT2D eigenvalue weighted by molar-refractivity contribution is 0.733. The Morgan fingerprint density at radius 1 is 1.33 bits per heavy atom. The maximum absolute atomic E-state index is 6.19. The van der Waals surface area contributed by atoms with E-state index >= 15 is 0 Å². The summed E-state index contributed by atoms with van der Waals surface area (Å²) in [7, 11) is 0. The first kappa shape index (κ1) is 8.72. The standard InChI is InChI=1S/C13H14N2/c1-8-6-7-10-12(14)9-4-2-3-5-11(9)15-13(8)10/h2-5,8H,6-7H2,1H3,(H2,14,15). The average Bonchev–Trinajstić information content (AvgIpc) is 2.62. The first-order valence-corrected chi connectivity index (χ1v) is 5.44. The summed E-state index contributed by atoms with van der Waals surface area (Å²) in [5, 5.41) is 1.10. The third kappa shape index (κ3) is 1.14. The van der Waals surface area contributed by atoms with Crippen molar-refractivity contribution in [2.45, 2.75) is 25.7 Å². The SMILES string of the molecule is CC1CCc2c1nc1ccccc1c2N. The van der Waals surface area contributed by atoms with E-state index < -0.39 is 0 Å². The molecule has 0 spiro atoms. The van der Waals surface area contributed by atoms with Crippen molar-refractivity contribution in [3.63, 3.8) is 0 Å². The van der Waals surface area contributed by atoms with Crippen LogP contribution in [0.1, 0.15) is 30.5 Å². The van der Waals surface area contributed by atoms with Gasteiger partial charge in [0.25, 0.3) is 0 Å². The largest absolute Gasteiger partial charge is 0.398 e. The molecule has 1 unspecified atom stereocenters. The summed E-state index contributed by atoms with van der Waals surface area (Å²) in [6.07, 6.45) is 2.27. The molecule has 2 N–H and O–H groups in total.